The molecule has 9 aromatic rings. The zero-order chi connectivity index (χ0) is 56.8. The van der Waals surface area contributed by atoms with Crippen molar-refractivity contribution in [3.63, 3.8) is 0 Å². The number of nitrogens with zero attached hydrogens (tertiary/aromatic N) is 8. The predicted octanol–water partition coefficient (Wildman–Crippen LogP) is 11.8. The minimum absolute atomic E-state index is 0.396. The van der Waals surface area contributed by atoms with Gasteiger partial charge in [-0.1, -0.05) is 6.07 Å². The van der Waals surface area contributed by atoms with Crippen LogP contribution in [0.15, 0.2) is 127 Å². The lowest BCUT2D eigenvalue weighted by Crippen LogP contribution is -2.21. The van der Waals surface area contributed by atoms with E-state index in [0.29, 0.717) is 34.1 Å². The highest BCUT2D eigenvalue weighted by Crippen LogP contribution is 2.32. The maximum Gasteiger partial charge on any atom is 0.323 e. The molecule has 4 heterocycles. The van der Waals surface area contributed by atoms with Crippen molar-refractivity contribution in [1.29, 1.82) is 0 Å². The number of aromatic nitrogens is 4. The summed E-state index contributed by atoms with van der Waals surface area (Å²) < 4.78 is 0. The van der Waals surface area contributed by atoms with E-state index in [0.717, 1.165) is 94.7 Å². The summed E-state index contributed by atoms with van der Waals surface area (Å²) in [6, 6.07) is 35.0. The molecule has 404 valence electrons. The van der Waals surface area contributed by atoms with Crippen molar-refractivity contribution in [3.8, 4) is 0 Å². The van der Waals surface area contributed by atoms with Gasteiger partial charge in [0.15, 0.2) is 0 Å². The van der Waals surface area contributed by atoms with E-state index in [4.69, 9.17) is 0 Å². The summed E-state index contributed by atoms with van der Waals surface area (Å²) in [4.78, 5) is 77.2. The third-order valence-corrected chi connectivity index (χ3v) is 12.8. The van der Waals surface area contributed by atoms with E-state index < -0.39 is 23.9 Å². The van der Waals surface area contributed by atoms with Gasteiger partial charge < -0.3 is 51.5 Å². The second-order valence-electron chi connectivity index (χ2n) is 20.1. The van der Waals surface area contributed by atoms with Gasteiger partial charge in [-0.2, -0.15) is 0 Å². The van der Waals surface area contributed by atoms with Crippen molar-refractivity contribution in [2.75, 3.05) is 108 Å². The Morgan fingerprint density at radius 2 is 0.608 bits per heavy atom. The standard InChI is InChI=1S/C33H36N8O2.C28H30N6O2/c1-19-8-9-24(38-32(42)36-22-10-12-27-25(16-22)30(40(4)5)14-20(2)34-27)18-29(19)39-33(43)37-23-11-13-28-26(17-23)31(41(6)7)15-21(3)35-28;1-17-13-25(33(3)4)21-15-19(7-9-23(21)29-17)31-27(35)11-12-28(36)32-20-8-10-24-22(16-20)26(34(5)6)14-18(2)30-24/h8-18H,1-7H3,(H2,36,38,42)(H2,37,39,43);7-16H,1-6H3,(H,31,35)(H,32,36). The first-order valence-corrected chi connectivity index (χ1v) is 25.5. The number of nitrogens with one attached hydrogen (secondary N) is 6. The van der Waals surface area contributed by atoms with E-state index in [9.17, 15) is 19.2 Å². The van der Waals surface area contributed by atoms with Crippen LogP contribution >= 0.6 is 0 Å². The highest BCUT2D eigenvalue weighted by atomic mass is 16.2. The largest absolute Gasteiger partial charge is 0.377 e. The number of anilines is 10. The van der Waals surface area contributed by atoms with Crippen molar-refractivity contribution in [2.45, 2.75) is 34.6 Å². The molecule has 0 bridgehead atoms. The minimum Gasteiger partial charge on any atom is -0.377 e. The molecule has 0 saturated heterocycles. The maximum absolute atomic E-state index is 13.0. The zero-order valence-electron chi connectivity index (χ0n) is 46.8. The molecule has 0 spiro atoms. The molecule has 0 aliphatic heterocycles. The van der Waals surface area contributed by atoms with Gasteiger partial charge in [0, 0.05) is 170 Å². The van der Waals surface area contributed by atoms with E-state index in [2.05, 4.69) is 51.8 Å². The van der Waals surface area contributed by atoms with Gasteiger partial charge in [-0.25, -0.2) is 9.59 Å². The average molecular weight is 1060 g/mol. The summed E-state index contributed by atoms with van der Waals surface area (Å²) in [6.07, 6.45) is 2.44. The van der Waals surface area contributed by atoms with Crippen LogP contribution in [0.25, 0.3) is 43.6 Å². The van der Waals surface area contributed by atoms with Gasteiger partial charge in [-0.3, -0.25) is 29.5 Å². The SMILES string of the molecule is Cc1cc(N(C)C)c2cc(NC(=O)C=CC(=O)Nc3ccc4nc(C)cc(N(C)C)c4c3)ccc2n1.Cc1cc(N(C)C)c2cc(NC(=O)Nc3ccc(C)c(NC(=O)Nc4ccc5nc(C)cc(N(C)C)c5c4)c3)ccc2n1. The normalized spacial score (nSPS) is 11.0. The van der Waals surface area contributed by atoms with Crippen LogP contribution in [0.3, 0.4) is 0 Å². The lowest BCUT2D eigenvalue weighted by molar-refractivity contribution is -0.114. The van der Waals surface area contributed by atoms with E-state index in [1.807, 2.05) is 202 Å². The van der Waals surface area contributed by atoms with Crippen LogP contribution in [0.1, 0.15) is 28.3 Å². The van der Waals surface area contributed by atoms with Gasteiger partial charge in [0.2, 0.25) is 11.8 Å². The van der Waals surface area contributed by atoms with Crippen LogP contribution in [0.5, 0.6) is 0 Å². The molecule has 0 aliphatic carbocycles. The van der Waals surface area contributed by atoms with Crippen LogP contribution in [-0.4, -0.2) is 100 Å². The Balaban J connectivity index is 0.000000211. The lowest BCUT2D eigenvalue weighted by Gasteiger charge is -2.17. The second-order valence-corrected chi connectivity index (χ2v) is 20.1. The fourth-order valence-corrected chi connectivity index (χ4v) is 9.07. The van der Waals surface area contributed by atoms with Crippen molar-refractivity contribution in [1.82, 2.24) is 19.9 Å². The van der Waals surface area contributed by atoms with Gasteiger partial charge in [0.25, 0.3) is 0 Å². The number of benzene rings is 5. The van der Waals surface area contributed by atoms with E-state index in [-0.39, 0.29) is 0 Å². The van der Waals surface area contributed by atoms with E-state index in [1.54, 1.807) is 24.3 Å². The minimum atomic E-state index is -0.401. The van der Waals surface area contributed by atoms with Gasteiger partial charge >= 0.3 is 12.1 Å². The summed E-state index contributed by atoms with van der Waals surface area (Å²) >= 11 is 0. The topological polar surface area (TPSA) is 205 Å². The summed E-state index contributed by atoms with van der Waals surface area (Å²) in [5.74, 6) is -0.798. The monoisotopic (exact) mass is 1060 g/mol. The van der Waals surface area contributed by atoms with E-state index in [1.165, 1.54) is 12.2 Å². The van der Waals surface area contributed by atoms with Gasteiger partial charge in [-0.15, -0.1) is 0 Å². The molecule has 0 atom stereocenters. The summed E-state index contributed by atoms with van der Waals surface area (Å²) in [5.41, 5.74) is 15.7. The van der Waals surface area contributed by atoms with Gasteiger partial charge in [-0.05, 0) is 149 Å². The Morgan fingerprint density at radius 1 is 0.342 bits per heavy atom. The number of pyridine rings is 4. The molecule has 5 aromatic carbocycles. The van der Waals surface area contributed by atoms with Crippen LogP contribution < -0.4 is 51.5 Å². The quantitative estimate of drug-likeness (QED) is 0.0633. The number of hydrogen-bond donors (Lipinski definition) is 6. The maximum atomic E-state index is 13.0. The third-order valence-electron chi connectivity index (χ3n) is 12.8. The Bertz CT molecular complexity index is 3760. The first-order valence-electron chi connectivity index (χ1n) is 25.5. The number of carbonyl (C=O) groups excluding carboxylic acids is 4. The van der Waals surface area contributed by atoms with Crippen LogP contribution in [-0.2, 0) is 9.59 Å². The summed E-state index contributed by atoms with van der Waals surface area (Å²) in [6.45, 7) is 9.72. The molecule has 0 radical (unpaired) electrons. The molecular weight excluding hydrogens is 993 g/mol. The van der Waals surface area contributed by atoms with Crippen molar-refractivity contribution < 1.29 is 19.2 Å². The van der Waals surface area contributed by atoms with Gasteiger partial charge in [0.05, 0.1) is 22.1 Å². The Morgan fingerprint density at radius 3 is 0.911 bits per heavy atom. The number of hydrogen-bond acceptors (Lipinski definition) is 12. The smallest absolute Gasteiger partial charge is 0.323 e. The van der Waals surface area contributed by atoms with Crippen molar-refractivity contribution in [3.05, 3.63) is 156 Å². The van der Waals surface area contributed by atoms with Crippen molar-refractivity contribution in [2.24, 2.45) is 0 Å². The van der Waals surface area contributed by atoms with Crippen molar-refractivity contribution >= 4 is 124 Å². The lowest BCUT2D eigenvalue weighted by atomic mass is 10.1. The van der Waals surface area contributed by atoms with Crippen LogP contribution in [0, 0.1) is 34.6 Å². The van der Waals surface area contributed by atoms with E-state index >= 15 is 0 Å². The molecule has 6 N–H and O–H groups in total. The molecule has 18 nitrogen and oxygen atoms in total. The number of aryl methyl sites for hydroxylation is 5. The molecule has 4 aromatic heterocycles. The predicted molar refractivity (Wildman–Crippen MR) is 326 cm³/mol. The molecule has 0 saturated carbocycles. The van der Waals surface area contributed by atoms with Crippen LogP contribution in [0.4, 0.5) is 66.5 Å². The molecule has 79 heavy (non-hydrogen) atoms. The number of urea groups is 2. The third kappa shape index (κ3) is 13.6. The number of carbonyl (C=O) groups is 4. The molecule has 18 heteroatoms. The zero-order valence-corrected chi connectivity index (χ0v) is 46.8. The molecule has 0 unspecified atom stereocenters. The molecule has 6 amide bonds. The highest BCUT2D eigenvalue weighted by molar-refractivity contribution is 6.09. The summed E-state index contributed by atoms with van der Waals surface area (Å²) in [5, 5.41) is 20.9. The first kappa shape index (κ1) is 55.4. The number of amides is 6. The molecular formula is C61H66N14O4. The Labute approximate surface area is 459 Å². The van der Waals surface area contributed by atoms with Crippen LogP contribution in [0.2, 0.25) is 0 Å². The fraction of sp³-hybridized carbons (Fsp3) is 0.213. The number of fused-ring (bicyclic) bond motifs is 4. The number of rotatable bonds is 12. The van der Waals surface area contributed by atoms with Gasteiger partial charge in [0.1, 0.15) is 0 Å². The Hall–Kier alpha value is -9.84. The second kappa shape index (κ2) is 23.6. The first-order chi connectivity index (χ1) is 37.6. The average Bonchev–Trinajstić information content (AvgIpc) is 3.41. The Kier molecular flexibility index (Phi) is 16.5. The molecule has 0 fully saturated rings. The summed E-state index contributed by atoms with van der Waals surface area (Å²) in [7, 11) is 15.8. The molecule has 9 rings (SSSR count). The molecule has 0 aliphatic rings. The fourth-order valence-electron chi connectivity index (χ4n) is 9.07. The highest BCUT2D eigenvalue weighted by Gasteiger charge is 2.15.